The zero-order valence-corrected chi connectivity index (χ0v) is 11.6. The van der Waals surface area contributed by atoms with Gasteiger partial charge in [0.1, 0.15) is 5.69 Å². The summed E-state index contributed by atoms with van der Waals surface area (Å²) in [4.78, 5) is 10.5. The summed E-state index contributed by atoms with van der Waals surface area (Å²) < 4.78 is 25.1. The standard InChI is InChI=1S/C8H5Br2NO4S/c9-5-1-4(3-7(12)13)2-6(10)8(5)11-16(14)15/h1-2H,3H2,(H,12,13). The number of benzene rings is 1. The van der Waals surface area contributed by atoms with E-state index in [0.29, 0.717) is 14.5 Å². The first-order valence-corrected chi connectivity index (χ1v) is 6.52. The third-order valence-corrected chi connectivity index (χ3v) is 3.14. The number of carboxylic acids is 1. The molecule has 1 rings (SSSR count). The minimum atomic E-state index is -2.56. The number of carbonyl (C=O) groups is 1. The van der Waals surface area contributed by atoms with E-state index in [-0.39, 0.29) is 12.1 Å². The molecule has 0 aliphatic heterocycles. The highest BCUT2D eigenvalue weighted by molar-refractivity contribution is 9.11. The maximum Gasteiger partial charge on any atom is 0.316 e. The number of hydrogen-bond acceptors (Lipinski definition) is 4. The van der Waals surface area contributed by atoms with Crippen molar-refractivity contribution in [3.8, 4) is 0 Å². The van der Waals surface area contributed by atoms with Crippen molar-refractivity contribution in [3.63, 3.8) is 0 Å². The summed E-state index contributed by atoms with van der Waals surface area (Å²) in [5.41, 5.74) is 0.754. The summed E-state index contributed by atoms with van der Waals surface area (Å²) in [5, 5.41) is 8.61. The molecule has 1 N–H and O–H groups in total. The van der Waals surface area contributed by atoms with E-state index < -0.39 is 16.5 Å². The molecule has 1 aromatic rings. The van der Waals surface area contributed by atoms with E-state index in [1.807, 2.05) is 0 Å². The highest BCUT2D eigenvalue weighted by Crippen LogP contribution is 2.34. The van der Waals surface area contributed by atoms with Crippen molar-refractivity contribution >= 4 is 54.0 Å². The first-order valence-electron chi connectivity index (χ1n) is 3.91. The highest BCUT2D eigenvalue weighted by atomic mass is 79.9. The van der Waals surface area contributed by atoms with E-state index in [4.69, 9.17) is 5.11 Å². The van der Waals surface area contributed by atoms with Crippen molar-refractivity contribution < 1.29 is 18.3 Å². The molecule has 0 aromatic heterocycles. The molecule has 0 unspecified atom stereocenters. The lowest BCUT2D eigenvalue weighted by molar-refractivity contribution is -0.136. The lowest BCUT2D eigenvalue weighted by atomic mass is 10.1. The zero-order valence-electron chi connectivity index (χ0n) is 7.65. The van der Waals surface area contributed by atoms with E-state index in [9.17, 15) is 13.2 Å². The third kappa shape index (κ3) is 3.69. The van der Waals surface area contributed by atoms with E-state index in [2.05, 4.69) is 36.2 Å². The number of hydrogen-bond donors (Lipinski definition) is 1. The van der Waals surface area contributed by atoms with Crippen LogP contribution in [0.5, 0.6) is 0 Å². The average molecular weight is 371 g/mol. The van der Waals surface area contributed by atoms with Crippen LogP contribution in [0, 0.1) is 0 Å². The van der Waals surface area contributed by atoms with E-state index in [1.54, 1.807) is 0 Å². The van der Waals surface area contributed by atoms with E-state index in [1.165, 1.54) is 12.1 Å². The quantitative estimate of drug-likeness (QED) is 0.885. The van der Waals surface area contributed by atoms with Crippen LogP contribution in [-0.2, 0) is 21.7 Å². The first-order chi connectivity index (χ1) is 7.40. The molecule has 0 amide bonds. The molecule has 0 fully saturated rings. The molecule has 0 bridgehead atoms. The van der Waals surface area contributed by atoms with Gasteiger partial charge in [0, 0.05) is 8.95 Å². The Kier molecular flexibility index (Phi) is 4.63. The van der Waals surface area contributed by atoms with Crippen molar-refractivity contribution in [2.75, 3.05) is 0 Å². The van der Waals surface area contributed by atoms with Crippen LogP contribution in [0.4, 0.5) is 5.69 Å². The molecule has 0 aliphatic rings. The number of aliphatic carboxylic acids is 1. The Morgan fingerprint density at radius 1 is 1.31 bits per heavy atom. The third-order valence-electron chi connectivity index (χ3n) is 1.60. The Labute approximate surface area is 109 Å². The van der Waals surface area contributed by atoms with Gasteiger partial charge in [0.25, 0.3) is 0 Å². The number of nitrogens with zero attached hydrogens (tertiary/aromatic N) is 1. The molecular weight excluding hydrogens is 366 g/mol. The molecule has 0 atom stereocenters. The van der Waals surface area contributed by atoms with E-state index >= 15 is 0 Å². The van der Waals surface area contributed by atoms with Crippen LogP contribution in [0.3, 0.4) is 0 Å². The molecule has 8 heteroatoms. The van der Waals surface area contributed by atoms with Crippen LogP contribution in [-0.4, -0.2) is 19.5 Å². The van der Waals surface area contributed by atoms with Gasteiger partial charge in [-0.3, -0.25) is 4.79 Å². The second kappa shape index (κ2) is 5.55. The lowest BCUT2D eigenvalue weighted by Crippen LogP contribution is -1.99. The van der Waals surface area contributed by atoms with Gasteiger partial charge in [-0.05, 0) is 49.6 Å². The van der Waals surface area contributed by atoms with Crippen LogP contribution in [0.2, 0.25) is 0 Å². The molecular formula is C8H5Br2NO4S. The minimum absolute atomic E-state index is 0.141. The second-order valence-electron chi connectivity index (χ2n) is 2.79. The highest BCUT2D eigenvalue weighted by Gasteiger charge is 2.09. The fourth-order valence-electron chi connectivity index (χ4n) is 1.06. The Hall–Kier alpha value is -0.730. The predicted molar refractivity (Wildman–Crippen MR) is 64.2 cm³/mol. The fraction of sp³-hybridized carbons (Fsp3) is 0.125. The van der Waals surface area contributed by atoms with Crippen LogP contribution in [0.1, 0.15) is 5.56 Å². The number of rotatable bonds is 3. The Balaban J connectivity index is 3.27. The van der Waals surface area contributed by atoms with Crippen molar-refractivity contribution in [1.29, 1.82) is 0 Å². The minimum Gasteiger partial charge on any atom is -0.481 e. The maximum absolute atomic E-state index is 10.5. The van der Waals surface area contributed by atoms with Crippen molar-refractivity contribution in [3.05, 3.63) is 26.6 Å². The van der Waals surface area contributed by atoms with Crippen molar-refractivity contribution in [2.45, 2.75) is 6.42 Å². The van der Waals surface area contributed by atoms with Crippen LogP contribution in [0.15, 0.2) is 25.4 Å². The summed E-state index contributed by atoms with van der Waals surface area (Å²) in [6.45, 7) is 0. The number of halogens is 2. The molecule has 0 heterocycles. The van der Waals surface area contributed by atoms with Gasteiger partial charge in [-0.15, -0.1) is 4.36 Å². The second-order valence-corrected chi connectivity index (χ2v) is 5.11. The Morgan fingerprint density at radius 2 is 1.81 bits per heavy atom. The van der Waals surface area contributed by atoms with Gasteiger partial charge >= 0.3 is 16.5 Å². The normalized spacial score (nSPS) is 9.88. The molecule has 1 aromatic carbocycles. The van der Waals surface area contributed by atoms with Gasteiger partial charge in [-0.1, -0.05) is 0 Å². The summed E-state index contributed by atoms with van der Waals surface area (Å²) in [7, 11) is -2.56. The Morgan fingerprint density at radius 3 is 2.19 bits per heavy atom. The number of carboxylic acid groups (broad SMARTS) is 1. The Bertz CT molecular complexity index is 536. The fourth-order valence-corrected chi connectivity index (χ4v) is 3.10. The molecule has 16 heavy (non-hydrogen) atoms. The van der Waals surface area contributed by atoms with Crippen LogP contribution >= 0.6 is 31.9 Å². The summed E-state index contributed by atoms with van der Waals surface area (Å²) >= 11 is 6.25. The van der Waals surface area contributed by atoms with Gasteiger partial charge in [0.15, 0.2) is 0 Å². The summed E-state index contributed by atoms with van der Waals surface area (Å²) in [6, 6.07) is 3.04. The molecule has 0 radical (unpaired) electrons. The summed E-state index contributed by atoms with van der Waals surface area (Å²) in [6.07, 6.45) is -0.141. The first kappa shape index (κ1) is 13.3. The van der Waals surface area contributed by atoms with Gasteiger partial charge in [-0.25, -0.2) is 0 Å². The van der Waals surface area contributed by atoms with Gasteiger partial charge in [0.05, 0.1) is 6.42 Å². The van der Waals surface area contributed by atoms with Gasteiger partial charge < -0.3 is 5.11 Å². The monoisotopic (exact) mass is 369 g/mol. The van der Waals surface area contributed by atoms with Crippen molar-refractivity contribution in [1.82, 2.24) is 0 Å². The molecule has 0 saturated heterocycles. The lowest BCUT2D eigenvalue weighted by Gasteiger charge is -2.03. The smallest absolute Gasteiger partial charge is 0.316 e. The van der Waals surface area contributed by atoms with Crippen LogP contribution < -0.4 is 0 Å². The molecule has 0 spiro atoms. The maximum atomic E-state index is 10.5. The topological polar surface area (TPSA) is 83.8 Å². The summed E-state index contributed by atoms with van der Waals surface area (Å²) in [5.74, 6) is -0.962. The molecule has 5 nitrogen and oxygen atoms in total. The average Bonchev–Trinajstić information content (AvgIpc) is 2.10. The van der Waals surface area contributed by atoms with Crippen molar-refractivity contribution in [2.24, 2.45) is 4.36 Å². The largest absolute Gasteiger partial charge is 0.481 e. The van der Waals surface area contributed by atoms with Gasteiger partial charge in [-0.2, -0.15) is 8.42 Å². The van der Waals surface area contributed by atoms with Crippen LogP contribution in [0.25, 0.3) is 0 Å². The SMILES string of the molecule is O=C(O)Cc1cc(Br)c(N=S(=O)=O)c(Br)c1. The molecule has 0 saturated carbocycles. The molecule has 86 valence electrons. The predicted octanol–water partition coefficient (Wildman–Crippen LogP) is 2.53. The van der Waals surface area contributed by atoms with Gasteiger partial charge in [0.2, 0.25) is 0 Å². The molecule has 0 aliphatic carbocycles. The van der Waals surface area contributed by atoms with E-state index in [0.717, 1.165) is 0 Å². The zero-order chi connectivity index (χ0) is 12.3.